The number of rotatable bonds is 4. The molecule has 0 radical (unpaired) electrons. The van der Waals surface area contributed by atoms with E-state index < -0.39 is 0 Å². The van der Waals surface area contributed by atoms with Crippen LogP contribution in [-0.2, 0) is 6.54 Å². The van der Waals surface area contributed by atoms with Crippen molar-refractivity contribution in [3.8, 4) is 0 Å². The lowest BCUT2D eigenvalue weighted by Gasteiger charge is -2.13. The summed E-state index contributed by atoms with van der Waals surface area (Å²) in [6.07, 6.45) is 4.11. The van der Waals surface area contributed by atoms with Gasteiger partial charge in [0.25, 0.3) is 0 Å². The fourth-order valence-electron chi connectivity index (χ4n) is 2.74. The van der Waals surface area contributed by atoms with E-state index in [1.54, 1.807) is 0 Å². The standard InChI is InChI=1S/C14H25N3/c1-7-17-9-11(8-15-17)10(2)16-12-13(3,4)14(12,5)6/h8-10,12,16H,7H2,1-6H3. The van der Waals surface area contributed by atoms with E-state index in [1.807, 2.05) is 10.9 Å². The van der Waals surface area contributed by atoms with Gasteiger partial charge in [-0.05, 0) is 24.7 Å². The Kier molecular flexibility index (Phi) is 2.85. The molecule has 0 amide bonds. The maximum Gasteiger partial charge on any atom is 0.0537 e. The second-order valence-corrected chi connectivity index (χ2v) is 6.39. The van der Waals surface area contributed by atoms with Gasteiger partial charge in [0.2, 0.25) is 0 Å². The van der Waals surface area contributed by atoms with E-state index in [1.165, 1.54) is 5.56 Å². The molecule has 17 heavy (non-hydrogen) atoms. The molecule has 1 unspecified atom stereocenters. The minimum Gasteiger partial charge on any atom is -0.306 e. The Morgan fingerprint density at radius 2 is 1.94 bits per heavy atom. The Labute approximate surface area is 105 Å². The normalized spacial score (nSPS) is 23.6. The molecule has 3 heteroatoms. The number of aryl methyl sites for hydroxylation is 1. The molecule has 1 saturated carbocycles. The molecule has 1 heterocycles. The molecule has 1 fully saturated rings. The predicted molar refractivity (Wildman–Crippen MR) is 70.8 cm³/mol. The lowest BCUT2D eigenvalue weighted by Crippen LogP contribution is -2.25. The third-order valence-electron chi connectivity index (χ3n) is 4.91. The molecule has 1 N–H and O–H groups in total. The highest BCUT2D eigenvalue weighted by molar-refractivity contribution is 5.20. The van der Waals surface area contributed by atoms with Crippen LogP contribution >= 0.6 is 0 Å². The number of aromatic nitrogens is 2. The molecular formula is C14H25N3. The molecule has 1 aliphatic rings. The van der Waals surface area contributed by atoms with Crippen molar-refractivity contribution in [3.63, 3.8) is 0 Å². The zero-order valence-corrected chi connectivity index (χ0v) is 11.9. The van der Waals surface area contributed by atoms with Crippen molar-refractivity contribution in [1.82, 2.24) is 15.1 Å². The predicted octanol–water partition coefficient (Wildman–Crippen LogP) is 2.99. The van der Waals surface area contributed by atoms with E-state index in [2.05, 4.69) is 58.2 Å². The number of nitrogens with one attached hydrogen (secondary N) is 1. The topological polar surface area (TPSA) is 29.9 Å². The van der Waals surface area contributed by atoms with Gasteiger partial charge in [-0.1, -0.05) is 27.7 Å². The summed E-state index contributed by atoms with van der Waals surface area (Å²) in [5.74, 6) is 0. The van der Waals surface area contributed by atoms with E-state index in [0.29, 0.717) is 22.9 Å². The quantitative estimate of drug-likeness (QED) is 0.869. The first-order chi connectivity index (χ1) is 7.80. The largest absolute Gasteiger partial charge is 0.306 e. The molecular weight excluding hydrogens is 210 g/mol. The molecule has 0 aromatic carbocycles. The third kappa shape index (κ3) is 1.90. The van der Waals surface area contributed by atoms with Gasteiger partial charge in [0.05, 0.1) is 6.20 Å². The highest BCUT2D eigenvalue weighted by Crippen LogP contribution is 2.63. The van der Waals surface area contributed by atoms with Gasteiger partial charge in [0.1, 0.15) is 0 Å². The van der Waals surface area contributed by atoms with E-state index in [4.69, 9.17) is 0 Å². The summed E-state index contributed by atoms with van der Waals surface area (Å²) in [6.45, 7) is 14.6. The monoisotopic (exact) mass is 235 g/mol. The Morgan fingerprint density at radius 1 is 1.35 bits per heavy atom. The first kappa shape index (κ1) is 12.6. The SMILES string of the molecule is CCn1cc(C(C)NC2C(C)(C)C2(C)C)cn1. The molecule has 96 valence electrons. The Hall–Kier alpha value is -0.830. The lowest BCUT2D eigenvalue weighted by molar-refractivity contribution is 0.457. The van der Waals surface area contributed by atoms with Crippen molar-refractivity contribution in [1.29, 1.82) is 0 Å². The Bertz CT molecular complexity index is 389. The molecule has 0 saturated heterocycles. The van der Waals surface area contributed by atoms with Gasteiger partial charge < -0.3 is 5.32 Å². The number of nitrogens with zero attached hydrogens (tertiary/aromatic N) is 2. The zero-order chi connectivity index (χ0) is 12.8. The van der Waals surface area contributed by atoms with Crippen molar-refractivity contribution in [2.75, 3.05) is 0 Å². The molecule has 1 aromatic heterocycles. The summed E-state index contributed by atoms with van der Waals surface area (Å²) >= 11 is 0. The summed E-state index contributed by atoms with van der Waals surface area (Å²) in [4.78, 5) is 0. The fourth-order valence-corrected chi connectivity index (χ4v) is 2.74. The van der Waals surface area contributed by atoms with E-state index >= 15 is 0 Å². The smallest absolute Gasteiger partial charge is 0.0537 e. The highest BCUT2D eigenvalue weighted by Gasteiger charge is 2.64. The van der Waals surface area contributed by atoms with Crippen LogP contribution in [0.3, 0.4) is 0 Å². The number of hydrogen-bond donors (Lipinski definition) is 1. The minimum atomic E-state index is 0.376. The molecule has 3 nitrogen and oxygen atoms in total. The van der Waals surface area contributed by atoms with Gasteiger partial charge in [-0.3, -0.25) is 4.68 Å². The van der Waals surface area contributed by atoms with Crippen molar-refractivity contribution in [2.24, 2.45) is 10.8 Å². The average molecular weight is 235 g/mol. The van der Waals surface area contributed by atoms with Gasteiger partial charge in [-0.2, -0.15) is 5.10 Å². The lowest BCUT2D eigenvalue weighted by atomic mass is 10.0. The van der Waals surface area contributed by atoms with Crippen molar-refractivity contribution < 1.29 is 0 Å². The van der Waals surface area contributed by atoms with E-state index in [0.717, 1.165) is 6.54 Å². The van der Waals surface area contributed by atoms with Crippen LogP contribution in [0.5, 0.6) is 0 Å². The summed E-state index contributed by atoms with van der Waals surface area (Å²) in [5.41, 5.74) is 2.06. The number of hydrogen-bond acceptors (Lipinski definition) is 2. The van der Waals surface area contributed by atoms with Gasteiger partial charge >= 0.3 is 0 Å². The Morgan fingerprint density at radius 3 is 2.35 bits per heavy atom. The van der Waals surface area contributed by atoms with Gasteiger partial charge in [-0.25, -0.2) is 0 Å². The first-order valence-corrected chi connectivity index (χ1v) is 6.59. The molecule has 1 atom stereocenters. The minimum absolute atomic E-state index is 0.376. The van der Waals surface area contributed by atoms with E-state index in [-0.39, 0.29) is 0 Å². The van der Waals surface area contributed by atoms with Crippen LogP contribution in [0.15, 0.2) is 12.4 Å². The molecule has 2 rings (SSSR count). The molecule has 1 aromatic rings. The van der Waals surface area contributed by atoms with Crippen LogP contribution in [0.25, 0.3) is 0 Å². The van der Waals surface area contributed by atoms with Crippen LogP contribution in [-0.4, -0.2) is 15.8 Å². The van der Waals surface area contributed by atoms with Gasteiger partial charge in [-0.15, -0.1) is 0 Å². The van der Waals surface area contributed by atoms with Gasteiger partial charge in [0.15, 0.2) is 0 Å². The maximum atomic E-state index is 4.33. The molecule has 0 spiro atoms. The summed E-state index contributed by atoms with van der Waals surface area (Å²) in [5, 5.41) is 8.07. The highest BCUT2D eigenvalue weighted by atomic mass is 15.3. The second kappa shape index (κ2) is 3.84. The van der Waals surface area contributed by atoms with Gasteiger partial charge in [0, 0.05) is 30.4 Å². The van der Waals surface area contributed by atoms with Crippen LogP contribution in [0.2, 0.25) is 0 Å². The van der Waals surface area contributed by atoms with Crippen LogP contribution in [0.4, 0.5) is 0 Å². The maximum absolute atomic E-state index is 4.33. The van der Waals surface area contributed by atoms with Crippen molar-refractivity contribution in [3.05, 3.63) is 18.0 Å². The summed E-state index contributed by atoms with van der Waals surface area (Å²) in [7, 11) is 0. The van der Waals surface area contributed by atoms with Crippen molar-refractivity contribution >= 4 is 0 Å². The Balaban J connectivity index is 2.01. The molecule has 0 aliphatic heterocycles. The third-order valence-corrected chi connectivity index (χ3v) is 4.91. The van der Waals surface area contributed by atoms with Crippen molar-refractivity contribution in [2.45, 2.75) is 60.2 Å². The van der Waals surface area contributed by atoms with Crippen LogP contribution in [0, 0.1) is 10.8 Å². The molecule has 1 aliphatic carbocycles. The first-order valence-electron chi connectivity index (χ1n) is 6.59. The van der Waals surface area contributed by atoms with Crippen LogP contribution in [0.1, 0.15) is 53.1 Å². The summed E-state index contributed by atoms with van der Waals surface area (Å²) in [6, 6.07) is 0.969. The molecule has 0 bridgehead atoms. The second-order valence-electron chi connectivity index (χ2n) is 6.39. The summed E-state index contributed by atoms with van der Waals surface area (Å²) < 4.78 is 1.98. The average Bonchev–Trinajstić information content (AvgIpc) is 2.65. The van der Waals surface area contributed by atoms with E-state index in [9.17, 15) is 0 Å². The zero-order valence-electron chi connectivity index (χ0n) is 11.9. The van der Waals surface area contributed by atoms with Crippen LogP contribution < -0.4 is 5.32 Å². The fraction of sp³-hybridized carbons (Fsp3) is 0.786.